The second-order valence-corrected chi connectivity index (χ2v) is 16.0. The molecule has 63 heavy (non-hydrogen) atoms. The van der Waals surface area contributed by atoms with Crippen molar-refractivity contribution in [3.63, 3.8) is 0 Å². The minimum absolute atomic E-state index is 0.680. The van der Waals surface area contributed by atoms with Gasteiger partial charge in [-0.3, -0.25) is 4.99 Å². The molecule has 0 unspecified atom stereocenters. The molecule has 6 nitrogen and oxygen atoms in total. The summed E-state index contributed by atoms with van der Waals surface area (Å²) in [5.41, 5.74) is 16.0. The van der Waals surface area contributed by atoms with E-state index in [1.165, 1.54) is 21.8 Å². The van der Waals surface area contributed by atoms with Gasteiger partial charge in [0.15, 0.2) is 5.82 Å². The van der Waals surface area contributed by atoms with Crippen molar-refractivity contribution in [3.8, 4) is 62.0 Å². The number of fused-ring (bicyclic) bond motifs is 5. The lowest BCUT2D eigenvalue weighted by Crippen LogP contribution is -2.04. The molecule has 0 aliphatic carbocycles. The number of aliphatic imine (C=N–C) groups is 1. The van der Waals surface area contributed by atoms with E-state index in [1.807, 2.05) is 18.2 Å². The van der Waals surface area contributed by atoms with Crippen molar-refractivity contribution in [3.05, 3.63) is 212 Å². The van der Waals surface area contributed by atoms with Gasteiger partial charge in [0.25, 0.3) is 0 Å². The molecule has 5 heterocycles. The predicted molar refractivity (Wildman–Crippen MR) is 259 cm³/mol. The lowest BCUT2D eigenvalue weighted by molar-refractivity contribution is 0.991. The number of nitrogens with zero attached hydrogens (tertiary/aromatic N) is 6. The van der Waals surface area contributed by atoms with E-state index in [1.54, 1.807) is 0 Å². The van der Waals surface area contributed by atoms with E-state index in [-0.39, 0.29) is 0 Å². The van der Waals surface area contributed by atoms with Crippen molar-refractivity contribution in [2.24, 2.45) is 4.99 Å². The molecule has 6 heteroatoms. The number of allylic oxidation sites excluding steroid dienone is 1. The minimum Gasteiger partial charge on any atom is -0.309 e. The van der Waals surface area contributed by atoms with E-state index in [4.69, 9.17) is 19.9 Å². The third kappa shape index (κ3) is 6.75. The van der Waals surface area contributed by atoms with Gasteiger partial charge in [-0.05, 0) is 78.2 Å². The van der Waals surface area contributed by atoms with Gasteiger partial charge in [0.1, 0.15) is 0 Å². The van der Waals surface area contributed by atoms with E-state index in [2.05, 4.69) is 198 Å². The van der Waals surface area contributed by atoms with Gasteiger partial charge >= 0.3 is 0 Å². The lowest BCUT2D eigenvalue weighted by atomic mass is 10.0. The topological polar surface area (TPSA) is 68.8 Å². The van der Waals surface area contributed by atoms with Crippen LogP contribution < -0.4 is 0 Å². The van der Waals surface area contributed by atoms with E-state index in [0.29, 0.717) is 5.82 Å². The normalized spacial score (nSPS) is 12.7. The zero-order valence-electron chi connectivity index (χ0n) is 34.2. The van der Waals surface area contributed by atoms with E-state index < -0.39 is 0 Å². The van der Waals surface area contributed by atoms with Gasteiger partial charge in [0, 0.05) is 56.0 Å². The monoisotopic (exact) mass is 806 g/mol. The van der Waals surface area contributed by atoms with Crippen molar-refractivity contribution in [2.75, 3.05) is 6.54 Å². The van der Waals surface area contributed by atoms with Crippen LogP contribution in [0.5, 0.6) is 0 Å². The maximum atomic E-state index is 5.18. The molecule has 0 bridgehead atoms. The van der Waals surface area contributed by atoms with Crippen LogP contribution in [0.25, 0.3) is 106 Å². The smallest absolute Gasteiger partial charge is 0.160 e. The number of aromatic nitrogens is 5. The third-order valence-corrected chi connectivity index (χ3v) is 12.0. The van der Waals surface area contributed by atoms with Gasteiger partial charge in [-0.25, -0.2) is 19.9 Å². The number of hydrogen-bond acceptors (Lipinski definition) is 5. The summed E-state index contributed by atoms with van der Waals surface area (Å²) >= 11 is 0. The summed E-state index contributed by atoms with van der Waals surface area (Å²) in [6, 6.07) is 68.1. The van der Waals surface area contributed by atoms with Crippen LogP contribution in [0, 0.1) is 0 Å². The Labute approximate surface area is 364 Å². The highest BCUT2D eigenvalue weighted by Gasteiger charge is 2.16. The molecule has 0 amide bonds. The second-order valence-electron chi connectivity index (χ2n) is 16.0. The average Bonchev–Trinajstić information content (AvgIpc) is 3.70. The van der Waals surface area contributed by atoms with Crippen LogP contribution in [0.4, 0.5) is 0 Å². The van der Waals surface area contributed by atoms with Gasteiger partial charge in [0.2, 0.25) is 0 Å². The zero-order valence-corrected chi connectivity index (χ0v) is 34.2. The Balaban J connectivity index is 0.885. The maximum Gasteiger partial charge on any atom is 0.160 e. The van der Waals surface area contributed by atoms with Crippen LogP contribution >= 0.6 is 0 Å². The van der Waals surface area contributed by atoms with Crippen molar-refractivity contribution in [1.82, 2.24) is 24.5 Å². The highest BCUT2D eigenvalue weighted by Crippen LogP contribution is 2.35. The Hall–Kier alpha value is -8.35. The molecule has 0 N–H and O–H groups in total. The van der Waals surface area contributed by atoms with E-state index in [0.717, 1.165) is 102 Å². The molecular formula is C57H38N6. The average molecular weight is 807 g/mol. The van der Waals surface area contributed by atoms with Crippen molar-refractivity contribution in [1.29, 1.82) is 0 Å². The van der Waals surface area contributed by atoms with E-state index in [9.17, 15) is 0 Å². The highest BCUT2D eigenvalue weighted by atomic mass is 15.0. The Bertz CT molecular complexity index is 3570. The molecular weight excluding hydrogens is 769 g/mol. The summed E-state index contributed by atoms with van der Waals surface area (Å²) in [5, 5.41) is 4.66. The number of para-hydroxylation sites is 2. The molecule has 0 spiro atoms. The number of dihydropyridines is 1. The van der Waals surface area contributed by atoms with Gasteiger partial charge in [-0.1, -0.05) is 146 Å². The molecule has 0 radical (unpaired) electrons. The predicted octanol–water partition coefficient (Wildman–Crippen LogP) is 13.8. The van der Waals surface area contributed by atoms with Gasteiger partial charge < -0.3 is 4.57 Å². The fraction of sp³-hybridized carbons (Fsp3) is 0.0351. The Kier molecular flexibility index (Phi) is 8.85. The largest absolute Gasteiger partial charge is 0.309 e. The minimum atomic E-state index is 0.680. The summed E-state index contributed by atoms with van der Waals surface area (Å²) in [5.74, 6) is 0.680. The summed E-state index contributed by atoms with van der Waals surface area (Å²) in [6.45, 7) is 0.808. The second kappa shape index (κ2) is 15.3. The summed E-state index contributed by atoms with van der Waals surface area (Å²) in [6.07, 6.45) is 5.22. The number of benzene rings is 7. The Morgan fingerprint density at radius 3 is 1.60 bits per heavy atom. The number of hydrogen-bond donors (Lipinski definition) is 0. The number of rotatable bonds is 7. The van der Waals surface area contributed by atoms with Crippen LogP contribution in [0.1, 0.15) is 12.1 Å². The molecule has 7 aromatic carbocycles. The van der Waals surface area contributed by atoms with Crippen molar-refractivity contribution >= 4 is 49.3 Å². The Morgan fingerprint density at radius 2 is 0.937 bits per heavy atom. The first-order valence-corrected chi connectivity index (χ1v) is 21.4. The van der Waals surface area contributed by atoms with Crippen molar-refractivity contribution in [2.45, 2.75) is 6.42 Å². The first-order chi connectivity index (χ1) is 31.2. The zero-order chi connectivity index (χ0) is 41.7. The molecule has 11 aromatic rings. The maximum absolute atomic E-state index is 5.18. The standard InChI is InChI=1S/C57H38N6/c1-2-11-41(12-3-1)57-61-53(36-54(62-57)44-13-10-14-45(33-44)63-55-18-6-4-15-46(55)47-16-5-7-19-56(47)63)38-22-20-37(21-23-38)48-30-28-39-24-26-42(34-51(39)59-48)43-27-25-40-29-31-50(60-52(40)35-43)49-17-8-9-32-58-49/h1-8,10-31,33-36H,9,32H2. The first-order valence-electron chi connectivity index (χ1n) is 21.4. The molecule has 4 aromatic heterocycles. The summed E-state index contributed by atoms with van der Waals surface area (Å²) in [4.78, 5) is 25.2. The lowest BCUT2D eigenvalue weighted by Gasteiger charge is -2.12. The van der Waals surface area contributed by atoms with Crippen LogP contribution in [0.15, 0.2) is 211 Å². The van der Waals surface area contributed by atoms with Crippen LogP contribution in [0.2, 0.25) is 0 Å². The fourth-order valence-corrected chi connectivity index (χ4v) is 8.85. The molecule has 12 rings (SSSR count). The van der Waals surface area contributed by atoms with Crippen LogP contribution in [-0.4, -0.2) is 36.8 Å². The van der Waals surface area contributed by atoms with Gasteiger partial charge in [-0.2, -0.15) is 0 Å². The molecule has 296 valence electrons. The molecule has 1 aliphatic heterocycles. The van der Waals surface area contributed by atoms with Crippen LogP contribution in [0.3, 0.4) is 0 Å². The Morgan fingerprint density at radius 1 is 0.381 bits per heavy atom. The van der Waals surface area contributed by atoms with Crippen LogP contribution in [-0.2, 0) is 0 Å². The SMILES string of the molecule is C1=CC(c2ccc3ccc(-c4ccc5ccc(-c6ccc(-c7cc(-c8cccc(-n9c%10ccccc%10c%10ccccc%109)c8)nc(-c8ccccc8)n7)cc6)nc5c4)cc3n2)=NCC1. The van der Waals surface area contributed by atoms with Gasteiger partial charge in [0.05, 0.1) is 50.6 Å². The highest BCUT2D eigenvalue weighted by molar-refractivity contribution is 6.10. The van der Waals surface area contributed by atoms with E-state index >= 15 is 0 Å². The molecule has 0 saturated carbocycles. The van der Waals surface area contributed by atoms with Crippen molar-refractivity contribution < 1.29 is 0 Å². The number of pyridine rings is 2. The van der Waals surface area contributed by atoms with Gasteiger partial charge in [-0.15, -0.1) is 0 Å². The molecule has 0 atom stereocenters. The first kappa shape index (κ1) is 36.5. The fourth-order valence-electron chi connectivity index (χ4n) is 8.85. The quantitative estimate of drug-likeness (QED) is 0.161. The summed E-state index contributed by atoms with van der Waals surface area (Å²) < 4.78 is 2.34. The third-order valence-electron chi connectivity index (χ3n) is 12.0. The molecule has 0 fully saturated rings. The molecule has 0 saturated heterocycles. The molecule has 1 aliphatic rings. The summed E-state index contributed by atoms with van der Waals surface area (Å²) in [7, 11) is 0.